The summed E-state index contributed by atoms with van der Waals surface area (Å²) in [6, 6.07) is 8.17. The Labute approximate surface area is 280 Å². The molecule has 2 aromatic carbocycles. The number of hydrogen-bond acceptors (Lipinski definition) is 5. The number of rotatable bonds is 19. The molecule has 0 saturated carbocycles. The second-order valence-corrected chi connectivity index (χ2v) is 16.9. The molecule has 0 saturated heterocycles. The van der Waals surface area contributed by atoms with Crippen molar-refractivity contribution < 1.29 is 20.4 Å². The highest BCUT2D eigenvalue weighted by atomic mass is 32.2. The number of unbranched alkanes of at least 4 members (excludes halogenated alkanes) is 9. The number of aliphatic hydroxyl groups excluding tert-OH is 2. The molecule has 0 bridgehead atoms. The summed E-state index contributed by atoms with van der Waals surface area (Å²) in [5.41, 5.74) is 5.82. The van der Waals surface area contributed by atoms with Gasteiger partial charge in [0.05, 0.1) is 12.7 Å². The third-order valence-electron chi connectivity index (χ3n) is 9.23. The first-order chi connectivity index (χ1) is 21.1. The van der Waals surface area contributed by atoms with Crippen molar-refractivity contribution in [1.29, 1.82) is 0 Å². The van der Waals surface area contributed by atoms with Crippen LogP contribution in [0.3, 0.4) is 0 Å². The van der Waals surface area contributed by atoms with E-state index in [9.17, 15) is 20.4 Å². The van der Waals surface area contributed by atoms with Crippen LogP contribution in [0, 0.1) is 13.8 Å². The van der Waals surface area contributed by atoms with Crippen LogP contribution in [0.1, 0.15) is 165 Å². The van der Waals surface area contributed by atoms with E-state index in [-0.39, 0.29) is 28.6 Å². The van der Waals surface area contributed by atoms with Gasteiger partial charge in [-0.05, 0) is 95.2 Å². The highest BCUT2D eigenvalue weighted by Gasteiger charge is 2.30. The number of thioether (sulfide) groups is 1. The van der Waals surface area contributed by atoms with E-state index in [0.29, 0.717) is 17.9 Å². The molecule has 2 rings (SSSR count). The fourth-order valence-electron chi connectivity index (χ4n) is 6.51. The molecule has 0 amide bonds. The molecule has 0 aliphatic rings. The maximum Gasteiger partial charge on any atom is 0.119 e. The standard InChI is InChI=1S/C40H66O4S/c1-10-11-12-13-14-15-16-17-18-19-20-45-31(23-30(42)27-41)24-34(32-25-35(39(4,5)6)37(43)21-28(32)2)33-26-36(40(7,8)9)38(44)22-29(33)3/h21-22,25-26,30-31,34,41-44H,10-20,23-24,27H2,1-9H3. The molecular weight excluding hydrogens is 577 g/mol. The van der Waals surface area contributed by atoms with Crippen LogP contribution in [0.5, 0.6) is 11.5 Å². The fourth-order valence-corrected chi connectivity index (χ4v) is 7.90. The second-order valence-electron chi connectivity index (χ2n) is 15.5. The zero-order chi connectivity index (χ0) is 33.8. The number of hydrogen-bond donors (Lipinski definition) is 4. The predicted molar refractivity (Wildman–Crippen MR) is 195 cm³/mol. The predicted octanol–water partition coefficient (Wildman–Crippen LogP) is 10.6. The van der Waals surface area contributed by atoms with Gasteiger partial charge in [0.25, 0.3) is 0 Å². The summed E-state index contributed by atoms with van der Waals surface area (Å²) in [4.78, 5) is 0. The Hall–Kier alpha value is -1.69. The van der Waals surface area contributed by atoms with Crippen LogP contribution >= 0.6 is 11.8 Å². The number of aliphatic hydroxyl groups is 2. The summed E-state index contributed by atoms with van der Waals surface area (Å²) >= 11 is 1.93. The molecule has 2 aromatic rings. The molecule has 256 valence electrons. The molecule has 0 spiro atoms. The number of phenols is 2. The Morgan fingerprint density at radius 1 is 0.644 bits per heavy atom. The van der Waals surface area contributed by atoms with Gasteiger partial charge in [-0.25, -0.2) is 0 Å². The van der Waals surface area contributed by atoms with E-state index in [4.69, 9.17) is 0 Å². The first-order valence-corrected chi connectivity index (χ1v) is 18.7. The average molecular weight is 643 g/mol. The lowest BCUT2D eigenvalue weighted by Gasteiger charge is -2.31. The lowest BCUT2D eigenvalue weighted by atomic mass is 9.76. The molecule has 4 N–H and O–H groups in total. The summed E-state index contributed by atoms with van der Waals surface area (Å²) in [6.07, 6.45) is 13.7. The summed E-state index contributed by atoms with van der Waals surface area (Å²) in [7, 11) is 0. The van der Waals surface area contributed by atoms with E-state index in [1.165, 1.54) is 68.9 Å². The second kappa shape index (κ2) is 18.6. The zero-order valence-electron chi connectivity index (χ0n) is 30.1. The lowest BCUT2D eigenvalue weighted by molar-refractivity contribution is 0.0872. The van der Waals surface area contributed by atoms with Gasteiger partial charge in [-0.15, -0.1) is 0 Å². The number of benzene rings is 2. The third kappa shape index (κ3) is 12.8. The van der Waals surface area contributed by atoms with Crippen molar-refractivity contribution in [3.63, 3.8) is 0 Å². The topological polar surface area (TPSA) is 80.9 Å². The Bertz CT molecular complexity index is 1090. The van der Waals surface area contributed by atoms with E-state index < -0.39 is 6.10 Å². The van der Waals surface area contributed by atoms with Gasteiger partial charge in [-0.3, -0.25) is 0 Å². The molecule has 0 aromatic heterocycles. The van der Waals surface area contributed by atoms with E-state index >= 15 is 0 Å². The van der Waals surface area contributed by atoms with Crippen molar-refractivity contribution in [1.82, 2.24) is 0 Å². The fraction of sp³-hybridized carbons (Fsp3) is 0.700. The van der Waals surface area contributed by atoms with Crippen molar-refractivity contribution in [2.24, 2.45) is 0 Å². The first-order valence-electron chi connectivity index (χ1n) is 17.7. The van der Waals surface area contributed by atoms with Crippen LogP contribution in [0.2, 0.25) is 0 Å². The van der Waals surface area contributed by atoms with Crippen molar-refractivity contribution >= 4 is 11.8 Å². The minimum atomic E-state index is -0.757. The highest BCUT2D eigenvalue weighted by Crippen LogP contribution is 2.44. The molecule has 0 heterocycles. The Kier molecular flexibility index (Phi) is 16.3. The molecule has 45 heavy (non-hydrogen) atoms. The van der Waals surface area contributed by atoms with Crippen LogP contribution in [-0.2, 0) is 10.8 Å². The normalized spacial score (nSPS) is 13.9. The minimum absolute atomic E-state index is 0.00417. The van der Waals surface area contributed by atoms with Crippen LogP contribution in [0.15, 0.2) is 24.3 Å². The molecule has 4 nitrogen and oxygen atoms in total. The van der Waals surface area contributed by atoms with Gasteiger partial charge in [0, 0.05) is 11.2 Å². The highest BCUT2D eigenvalue weighted by molar-refractivity contribution is 7.99. The smallest absolute Gasteiger partial charge is 0.119 e. The van der Waals surface area contributed by atoms with Gasteiger partial charge in [0.2, 0.25) is 0 Å². The summed E-state index contributed by atoms with van der Waals surface area (Å²) in [5, 5.41) is 42.5. The molecule has 5 heteroatoms. The number of phenolic OH excluding ortho intramolecular Hbond substituents is 2. The van der Waals surface area contributed by atoms with Crippen molar-refractivity contribution in [3.8, 4) is 11.5 Å². The largest absolute Gasteiger partial charge is 0.508 e. The number of aryl methyl sites for hydroxylation is 2. The molecule has 0 aliphatic heterocycles. The van der Waals surface area contributed by atoms with Crippen molar-refractivity contribution in [2.75, 3.05) is 12.4 Å². The Morgan fingerprint density at radius 3 is 1.47 bits per heavy atom. The van der Waals surface area contributed by atoms with E-state index in [1.807, 2.05) is 23.9 Å². The van der Waals surface area contributed by atoms with Crippen molar-refractivity contribution in [2.45, 2.75) is 167 Å². The zero-order valence-corrected chi connectivity index (χ0v) is 31.0. The average Bonchev–Trinajstić information content (AvgIpc) is 2.93. The van der Waals surface area contributed by atoms with Gasteiger partial charge >= 0.3 is 0 Å². The van der Waals surface area contributed by atoms with Crippen LogP contribution in [-0.4, -0.2) is 44.1 Å². The maximum atomic E-state index is 10.9. The van der Waals surface area contributed by atoms with Crippen molar-refractivity contribution in [3.05, 3.63) is 57.6 Å². The van der Waals surface area contributed by atoms with E-state index in [2.05, 4.69) is 74.4 Å². The molecule has 2 atom stereocenters. The van der Waals surface area contributed by atoms with Gasteiger partial charge in [0.1, 0.15) is 11.5 Å². The van der Waals surface area contributed by atoms with Gasteiger partial charge in [-0.2, -0.15) is 11.8 Å². The van der Waals surface area contributed by atoms with Crippen LogP contribution < -0.4 is 0 Å². The van der Waals surface area contributed by atoms with Gasteiger partial charge in [-0.1, -0.05) is 118 Å². The molecular formula is C40H66O4S. The molecule has 2 unspecified atom stereocenters. The minimum Gasteiger partial charge on any atom is -0.508 e. The summed E-state index contributed by atoms with van der Waals surface area (Å²) in [5.74, 6) is 1.69. The Morgan fingerprint density at radius 2 is 1.07 bits per heavy atom. The molecule has 0 fully saturated rings. The monoisotopic (exact) mass is 642 g/mol. The molecule has 0 radical (unpaired) electrons. The summed E-state index contributed by atoms with van der Waals surface area (Å²) in [6.45, 7) is 18.9. The first kappa shape index (κ1) is 39.5. The number of aromatic hydroxyl groups is 2. The van der Waals surface area contributed by atoms with Gasteiger partial charge < -0.3 is 20.4 Å². The van der Waals surface area contributed by atoms with Crippen LogP contribution in [0.4, 0.5) is 0 Å². The van der Waals surface area contributed by atoms with Crippen LogP contribution in [0.25, 0.3) is 0 Å². The molecule has 0 aliphatic carbocycles. The lowest BCUT2D eigenvalue weighted by Crippen LogP contribution is -2.23. The quantitative estimate of drug-likeness (QED) is 0.115. The van der Waals surface area contributed by atoms with E-state index in [1.54, 1.807) is 0 Å². The van der Waals surface area contributed by atoms with Gasteiger partial charge in [0.15, 0.2) is 0 Å². The maximum absolute atomic E-state index is 10.9. The summed E-state index contributed by atoms with van der Waals surface area (Å²) < 4.78 is 0. The Balaban J connectivity index is 2.37. The third-order valence-corrected chi connectivity index (χ3v) is 10.6. The van der Waals surface area contributed by atoms with E-state index in [0.717, 1.165) is 40.8 Å². The SMILES string of the molecule is CCCCCCCCCCCCSC(CC(O)CO)CC(c1cc(C(C)(C)C)c(O)cc1C)c1cc(C(C)(C)C)c(O)cc1C.